The molecule has 0 aromatic carbocycles. The van der Waals surface area contributed by atoms with Crippen molar-refractivity contribution in [1.29, 1.82) is 0 Å². The third kappa shape index (κ3) is 1.68. The van der Waals surface area contributed by atoms with Gasteiger partial charge in [-0.3, -0.25) is 0 Å². The molecule has 0 aliphatic carbocycles. The molecular formula is C8H8AgN4O4. The molecule has 8 nitrogen and oxygen atoms in total. The van der Waals surface area contributed by atoms with E-state index in [0.717, 1.165) is 24.3 Å². The molecule has 4 N–H and O–H groups in total. The Balaban J connectivity index is 2.37. The van der Waals surface area contributed by atoms with Crippen LogP contribution in [0.1, 0.15) is 0 Å². The summed E-state index contributed by atoms with van der Waals surface area (Å²) in [6, 6.07) is 0. The van der Waals surface area contributed by atoms with Gasteiger partial charge in [0.1, 0.15) is 0 Å². The first kappa shape index (κ1) is 11.9. The van der Waals surface area contributed by atoms with Gasteiger partial charge in [0, 0.05) is 0 Å². The minimum atomic E-state index is -3.96. The Morgan fingerprint density at radius 3 is 1.18 bits per heavy atom. The maximum atomic E-state index is 11.4. The van der Waals surface area contributed by atoms with Gasteiger partial charge < -0.3 is 0 Å². The van der Waals surface area contributed by atoms with Gasteiger partial charge in [-0.05, 0) is 0 Å². The molecule has 0 unspecified atom stereocenters. The molecule has 2 aliphatic heterocycles. The molecule has 0 atom stereocenters. The Bertz CT molecular complexity index is 430. The fourth-order valence-corrected chi connectivity index (χ4v) is 4.06. The summed E-state index contributed by atoms with van der Waals surface area (Å²) in [6.45, 7) is 0. The van der Waals surface area contributed by atoms with Crippen molar-refractivity contribution in [2.45, 2.75) is 0 Å². The van der Waals surface area contributed by atoms with E-state index in [1.807, 2.05) is 0 Å². The predicted molar refractivity (Wildman–Crippen MR) is 50.4 cm³/mol. The number of rotatable bonds is 2. The molecule has 0 spiro atoms. The van der Waals surface area contributed by atoms with Gasteiger partial charge in [-0.15, -0.1) is 0 Å². The first-order chi connectivity index (χ1) is 7.85. The van der Waals surface area contributed by atoms with Crippen molar-refractivity contribution in [1.82, 2.24) is 6.61 Å². The van der Waals surface area contributed by atoms with Crippen molar-refractivity contribution >= 4 is 23.6 Å². The summed E-state index contributed by atoms with van der Waals surface area (Å²) in [5, 5.41) is 0. The Morgan fingerprint density at radius 2 is 0.941 bits per heavy atom. The maximum absolute atomic E-state index is 11.4. The molecule has 17 heavy (non-hydrogen) atoms. The van der Waals surface area contributed by atoms with E-state index in [9.17, 15) is 19.2 Å². The third-order valence-electron chi connectivity index (χ3n) is 1.88. The predicted octanol–water partition coefficient (Wildman–Crippen LogP) is -2.43. The van der Waals surface area contributed by atoms with Crippen molar-refractivity contribution in [3.05, 3.63) is 24.3 Å². The molecule has 0 saturated heterocycles. The van der Waals surface area contributed by atoms with Crippen molar-refractivity contribution in [2.24, 2.45) is 8.27 Å². The van der Waals surface area contributed by atoms with Crippen LogP contribution in [-0.4, -0.2) is 30.2 Å². The quantitative estimate of drug-likeness (QED) is 0.428. The number of nitrogens with two attached hydrogens (primary N) is 2. The first-order valence-electron chi connectivity index (χ1n) is 4.15. The molecule has 4 amide bonds. The Hall–Kier alpha value is -1.58. The van der Waals surface area contributed by atoms with Gasteiger partial charge in [-0.1, -0.05) is 0 Å². The van der Waals surface area contributed by atoms with E-state index >= 15 is 0 Å². The standard InChI is InChI=1S/2C4H3NO2.Ag.2H2N/c2*6-3-1-2-4(7)5-3;;;/h2*1-2H,(H,5,6,7);;2*1H2/q;;+4;2*-1/p-2. The molecule has 0 aromatic heterocycles. The summed E-state index contributed by atoms with van der Waals surface area (Å²) in [4.78, 5) is 45.7. The fraction of sp³-hybridized carbons (Fsp3) is 0. The monoisotopic (exact) mass is 331 g/mol. The second kappa shape index (κ2) is 3.72. The summed E-state index contributed by atoms with van der Waals surface area (Å²) in [7, 11) is 0. The van der Waals surface area contributed by atoms with Crippen LogP contribution in [0, 0.1) is 0 Å². The van der Waals surface area contributed by atoms with Crippen molar-refractivity contribution in [3.63, 3.8) is 0 Å². The fourth-order valence-electron chi connectivity index (χ4n) is 1.23. The van der Waals surface area contributed by atoms with Gasteiger partial charge in [0.25, 0.3) is 0 Å². The third-order valence-corrected chi connectivity index (χ3v) is 5.31. The first-order valence-corrected chi connectivity index (χ1v) is 7.19. The van der Waals surface area contributed by atoms with E-state index in [1.165, 1.54) is 0 Å². The Labute approximate surface area is 100 Å². The number of nitrogens with zero attached hydrogens (tertiary/aromatic N) is 2. The van der Waals surface area contributed by atoms with Crippen LogP contribution in [0.15, 0.2) is 24.3 Å². The molecule has 2 aliphatic rings. The second-order valence-corrected chi connectivity index (χ2v) is 6.63. The van der Waals surface area contributed by atoms with E-state index in [1.54, 1.807) is 0 Å². The van der Waals surface area contributed by atoms with E-state index in [-0.39, 0.29) is 0 Å². The van der Waals surface area contributed by atoms with Crippen LogP contribution in [0.25, 0.3) is 0 Å². The Kier molecular flexibility index (Phi) is 2.60. The number of amides is 4. The zero-order valence-corrected chi connectivity index (χ0v) is 9.78. The molecule has 0 saturated carbocycles. The van der Waals surface area contributed by atoms with E-state index in [4.69, 9.17) is 8.27 Å². The molecule has 95 valence electrons. The number of hydrogen-bond acceptors (Lipinski definition) is 6. The summed E-state index contributed by atoms with van der Waals surface area (Å²) in [5.74, 6) is -2.89. The van der Waals surface area contributed by atoms with E-state index in [0.29, 0.717) is 6.61 Å². The number of hydrogen-bond donors (Lipinski definition) is 2. The SMILES string of the molecule is [NH2][Ag]([NH2])([N]1C(=O)C=CC1=O)[N]1C(=O)C=CC1=O. The van der Waals surface area contributed by atoms with Crippen LogP contribution in [0.5, 0.6) is 0 Å². The number of imide groups is 2. The molecule has 0 aromatic rings. The van der Waals surface area contributed by atoms with Gasteiger partial charge in [0.15, 0.2) is 0 Å². The zero-order chi connectivity index (χ0) is 12.8. The molecule has 0 radical (unpaired) electrons. The summed E-state index contributed by atoms with van der Waals surface area (Å²) in [5.41, 5.74) is 0. The summed E-state index contributed by atoms with van der Waals surface area (Å²) >= 11 is -3.96. The van der Waals surface area contributed by atoms with Gasteiger partial charge in [-0.25, -0.2) is 0 Å². The van der Waals surface area contributed by atoms with Crippen LogP contribution < -0.4 is 8.27 Å². The van der Waals surface area contributed by atoms with Crippen LogP contribution >= 0.6 is 0 Å². The van der Waals surface area contributed by atoms with Crippen LogP contribution in [0.2, 0.25) is 0 Å². The van der Waals surface area contributed by atoms with Crippen LogP contribution in [0.3, 0.4) is 0 Å². The molecule has 2 heterocycles. The molecule has 9 heteroatoms. The van der Waals surface area contributed by atoms with Crippen molar-refractivity contribution in [3.8, 4) is 0 Å². The molecule has 0 fully saturated rings. The van der Waals surface area contributed by atoms with Gasteiger partial charge >= 0.3 is 100 Å². The van der Waals surface area contributed by atoms with Crippen molar-refractivity contribution in [2.75, 3.05) is 0 Å². The number of carbonyl (C=O) groups excluding carboxylic acids is 4. The molecule has 2 rings (SSSR count). The average Bonchev–Trinajstić information content (AvgIpc) is 2.71. The van der Waals surface area contributed by atoms with Crippen LogP contribution in [-0.2, 0) is 37.4 Å². The topological polar surface area (TPSA) is 127 Å². The second-order valence-electron chi connectivity index (χ2n) is 2.99. The van der Waals surface area contributed by atoms with Gasteiger partial charge in [0.2, 0.25) is 0 Å². The zero-order valence-electron chi connectivity index (χ0n) is 8.29. The molecule has 0 bridgehead atoms. The van der Waals surface area contributed by atoms with Gasteiger partial charge in [0.05, 0.1) is 0 Å². The Morgan fingerprint density at radius 1 is 0.706 bits per heavy atom. The summed E-state index contributed by atoms with van der Waals surface area (Å²) in [6.07, 6.45) is 3.95. The normalized spacial score (nSPS) is 21.1. The molecular weight excluding hydrogens is 324 g/mol. The van der Waals surface area contributed by atoms with E-state index in [2.05, 4.69) is 0 Å². The average molecular weight is 332 g/mol. The minimum absolute atomic E-state index is 0.580. The van der Waals surface area contributed by atoms with Crippen LogP contribution in [0.4, 0.5) is 0 Å². The van der Waals surface area contributed by atoms with E-state index < -0.39 is 41.8 Å². The van der Waals surface area contributed by atoms with Gasteiger partial charge in [-0.2, -0.15) is 0 Å². The summed E-state index contributed by atoms with van der Waals surface area (Å²) < 4.78 is 12.6. The number of carbonyl (C=O) groups is 4. The van der Waals surface area contributed by atoms with Crippen molar-refractivity contribution < 1.29 is 37.4 Å².